The molecule has 4 fully saturated rings. The normalized spacial score (nSPS) is 39.7. The lowest BCUT2D eigenvalue weighted by Crippen LogP contribution is -2.67. The van der Waals surface area contributed by atoms with Gasteiger partial charge in [0.25, 0.3) is 0 Å². The number of aliphatic hydroxyl groups is 2. The zero-order valence-corrected chi connectivity index (χ0v) is 29.9. The highest BCUT2D eigenvalue weighted by molar-refractivity contribution is 6.14. The standard InChI is InChI=1S/C43H53NO6/c1-4-49-38(47)44(27-31-13-10-24-50-31)28-42(48)21-18-36-40(42,3)20-17-35-39(2)19-16-30(45)25-41(39)22-23-43(35,36)34(26-41)37(46)33-15-9-8-14-32(33)29-11-6-5-7-12-29/h5-9,11-12,14-15,22-23,26,30-31,35-36,45,48H,4,10,13,16-21,24-25,27-28H2,1-3H3. The largest absolute Gasteiger partial charge is 0.450 e. The minimum atomic E-state index is -1.16. The van der Waals surface area contributed by atoms with E-state index in [4.69, 9.17) is 9.47 Å². The zero-order chi connectivity index (χ0) is 34.9. The number of hydrogen-bond acceptors (Lipinski definition) is 6. The molecule has 6 aliphatic carbocycles. The number of ketones is 1. The molecule has 9 rings (SSSR count). The molecule has 3 saturated carbocycles. The molecule has 1 saturated heterocycles. The maximum Gasteiger partial charge on any atom is 0.409 e. The molecule has 0 radical (unpaired) electrons. The smallest absolute Gasteiger partial charge is 0.409 e. The first-order valence-corrected chi connectivity index (χ1v) is 19.1. The topological polar surface area (TPSA) is 96.3 Å². The first kappa shape index (κ1) is 33.9. The number of carbonyl (C=O) groups excluding carboxylic acids is 2. The fourth-order valence-corrected chi connectivity index (χ4v) is 12.1. The Hall–Kier alpha value is -3.26. The second-order valence-corrected chi connectivity index (χ2v) is 16.8. The van der Waals surface area contributed by atoms with Crippen LogP contribution in [-0.4, -0.2) is 71.1 Å². The third-order valence-corrected chi connectivity index (χ3v) is 14.6. The monoisotopic (exact) mass is 679 g/mol. The third kappa shape index (κ3) is 4.79. The van der Waals surface area contributed by atoms with Crippen molar-refractivity contribution in [1.82, 2.24) is 4.90 Å². The van der Waals surface area contributed by atoms with E-state index >= 15 is 4.79 Å². The van der Waals surface area contributed by atoms with Gasteiger partial charge >= 0.3 is 6.09 Å². The number of carbonyl (C=O) groups is 2. The number of aliphatic hydroxyl groups excluding tert-OH is 1. The summed E-state index contributed by atoms with van der Waals surface area (Å²) in [6, 6.07) is 18.1. The summed E-state index contributed by atoms with van der Waals surface area (Å²) in [5.41, 5.74) is 0.616. The van der Waals surface area contributed by atoms with Crippen molar-refractivity contribution in [3.8, 4) is 11.1 Å². The van der Waals surface area contributed by atoms with Crippen molar-refractivity contribution in [3.63, 3.8) is 0 Å². The first-order valence-electron chi connectivity index (χ1n) is 19.1. The van der Waals surface area contributed by atoms with Gasteiger partial charge in [0.15, 0.2) is 5.78 Å². The average Bonchev–Trinajstić information content (AvgIpc) is 3.73. The maximum atomic E-state index is 15.4. The summed E-state index contributed by atoms with van der Waals surface area (Å²) >= 11 is 0. The molecule has 1 heterocycles. The van der Waals surface area contributed by atoms with Gasteiger partial charge in [0.2, 0.25) is 0 Å². The van der Waals surface area contributed by atoms with E-state index in [9.17, 15) is 15.0 Å². The van der Waals surface area contributed by atoms with Gasteiger partial charge in [-0.25, -0.2) is 4.79 Å². The van der Waals surface area contributed by atoms with Crippen LogP contribution in [0.2, 0.25) is 0 Å². The van der Waals surface area contributed by atoms with Crippen molar-refractivity contribution >= 4 is 11.9 Å². The van der Waals surface area contributed by atoms with Crippen LogP contribution in [0.15, 0.2) is 78.4 Å². The number of Topliss-reactive ketones (excluding diaryl/α,β-unsaturated/α-hetero) is 1. The lowest BCUT2D eigenvalue weighted by Gasteiger charge is -2.71. The Labute approximate surface area is 296 Å². The number of rotatable bonds is 8. The Morgan fingerprint density at radius 2 is 1.64 bits per heavy atom. The molecule has 9 atom stereocenters. The van der Waals surface area contributed by atoms with E-state index in [-0.39, 0.29) is 42.3 Å². The Morgan fingerprint density at radius 3 is 2.40 bits per heavy atom. The molecule has 7 heteroatoms. The number of allylic oxidation sites excluding steroid dienone is 4. The number of benzene rings is 2. The van der Waals surface area contributed by atoms with Gasteiger partial charge in [-0.15, -0.1) is 0 Å². The van der Waals surface area contributed by atoms with Crippen LogP contribution in [0.4, 0.5) is 4.79 Å². The van der Waals surface area contributed by atoms with Crippen molar-refractivity contribution in [2.24, 2.45) is 33.5 Å². The number of amides is 1. The van der Waals surface area contributed by atoms with Gasteiger partial charge in [-0.2, -0.15) is 0 Å². The van der Waals surface area contributed by atoms with Crippen molar-refractivity contribution in [3.05, 3.63) is 84.0 Å². The summed E-state index contributed by atoms with van der Waals surface area (Å²) in [7, 11) is 0. The van der Waals surface area contributed by atoms with Gasteiger partial charge in [0, 0.05) is 34.0 Å². The van der Waals surface area contributed by atoms with Crippen LogP contribution in [0.5, 0.6) is 0 Å². The van der Waals surface area contributed by atoms with E-state index in [0.717, 1.165) is 61.6 Å². The number of ether oxygens (including phenoxy) is 2. The second kappa shape index (κ2) is 12.2. The number of fused-ring (bicyclic) bond motifs is 1. The molecule has 2 N–H and O–H groups in total. The molecular formula is C43H53NO6. The summed E-state index contributed by atoms with van der Waals surface area (Å²) in [5, 5.41) is 24.0. The van der Waals surface area contributed by atoms with Gasteiger partial charge in [-0.05, 0) is 93.1 Å². The molecule has 7 nitrogen and oxygen atoms in total. The minimum Gasteiger partial charge on any atom is -0.450 e. The summed E-state index contributed by atoms with van der Waals surface area (Å²) in [6.45, 7) is 7.99. The van der Waals surface area contributed by atoms with E-state index in [1.54, 1.807) is 4.90 Å². The molecule has 2 spiro atoms. The van der Waals surface area contributed by atoms with Gasteiger partial charge in [-0.3, -0.25) is 4.79 Å². The Morgan fingerprint density at radius 1 is 0.920 bits per heavy atom. The Kier molecular flexibility index (Phi) is 8.24. The van der Waals surface area contributed by atoms with E-state index in [1.165, 1.54) is 0 Å². The van der Waals surface area contributed by atoms with Crippen LogP contribution < -0.4 is 0 Å². The summed E-state index contributed by atoms with van der Waals surface area (Å²) in [4.78, 5) is 30.5. The Balaban J connectivity index is 1.23. The molecule has 2 bridgehead atoms. The molecule has 266 valence electrons. The van der Waals surface area contributed by atoms with Crippen LogP contribution in [0, 0.1) is 33.5 Å². The first-order chi connectivity index (χ1) is 24.0. The Bertz CT molecular complexity index is 1710. The number of nitrogens with zero attached hydrogens (tertiary/aromatic N) is 1. The average molecular weight is 680 g/mol. The van der Waals surface area contributed by atoms with Crippen molar-refractivity contribution in [2.45, 2.75) is 96.4 Å². The van der Waals surface area contributed by atoms with Gasteiger partial charge in [-0.1, -0.05) is 86.7 Å². The highest BCUT2D eigenvalue weighted by Crippen LogP contribution is 2.78. The molecule has 2 aromatic carbocycles. The highest BCUT2D eigenvalue weighted by Gasteiger charge is 2.74. The molecule has 2 aromatic rings. The van der Waals surface area contributed by atoms with E-state index in [2.05, 4.69) is 44.2 Å². The summed E-state index contributed by atoms with van der Waals surface area (Å²) in [5.74, 6) is 0.225. The van der Waals surface area contributed by atoms with E-state index in [0.29, 0.717) is 31.6 Å². The summed E-state index contributed by atoms with van der Waals surface area (Å²) in [6.07, 6.45) is 13.2. The predicted molar refractivity (Wildman–Crippen MR) is 192 cm³/mol. The van der Waals surface area contributed by atoms with Crippen LogP contribution in [-0.2, 0) is 9.47 Å². The van der Waals surface area contributed by atoms with Crippen LogP contribution >= 0.6 is 0 Å². The van der Waals surface area contributed by atoms with E-state index < -0.39 is 34.0 Å². The number of hydrogen-bond donors (Lipinski definition) is 2. The highest BCUT2D eigenvalue weighted by atomic mass is 16.6. The minimum absolute atomic E-state index is 0.0113. The van der Waals surface area contributed by atoms with Gasteiger partial charge < -0.3 is 24.6 Å². The molecule has 50 heavy (non-hydrogen) atoms. The molecular weight excluding hydrogens is 626 g/mol. The van der Waals surface area contributed by atoms with Crippen molar-refractivity contribution < 1.29 is 29.3 Å². The molecule has 1 aliphatic heterocycles. The fraction of sp³-hybridized carbons (Fsp3) is 0.581. The lowest BCUT2D eigenvalue weighted by molar-refractivity contribution is -0.175. The zero-order valence-electron chi connectivity index (χ0n) is 29.9. The van der Waals surface area contributed by atoms with Crippen molar-refractivity contribution in [1.29, 1.82) is 0 Å². The van der Waals surface area contributed by atoms with Gasteiger partial charge in [0.05, 0.1) is 37.5 Å². The molecule has 9 unspecified atom stereocenters. The van der Waals surface area contributed by atoms with E-state index in [1.807, 2.05) is 49.4 Å². The quantitative estimate of drug-likeness (QED) is 0.219. The SMILES string of the molecule is CCOC(=O)N(CC1CCCO1)CC1(O)CCC2C34C=CC5(C=C3C(=O)c3ccccc3-c3ccccc3)CC(O)CCC5(C)C4CCC21C. The van der Waals surface area contributed by atoms with Crippen molar-refractivity contribution in [2.75, 3.05) is 26.3 Å². The fourth-order valence-electron chi connectivity index (χ4n) is 12.1. The predicted octanol–water partition coefficient (Wildman–Crippen LogP) is 7.76. The third-order valence-electron chi connectivity index (χ3n) is 14.6. The lowest BCUT2D eigenvalue weighted by atomic mass is 9.32. The van der Waals surface area contributed by atoms with Crippen LogP contribution in [0.1, 0.15) is 88.9 Å². The van der Waals surface area contributed by atoms with Crippen LogP contribution in [0.3, 0.4) is 0 Å². The molecule has 1 amide bonds. The second-order valence-electron chi connectivity index (χ2n) is 16.8. The molecule has 0 aromatic heterocycles. The molecule has 7 aliphatic rings. The van der Waals surface area contributed by atoms with Gasteiger partial charge in [0.1, 0.15) is 0 Å². The maximum absolute atomic E-state index is 15.4. The van der Waals surface area contributed by atoms with Crippen LogP contribution in [0.25, 0.3) is 11.1 Å². The summed E-state index contributed by atoms with van der Waals surface area (Å²) < 4.78 is 11.5.